The molecular formula is C17H26N2O6S. The molecule has 9 heteroatoms. The molecule has 1 atom stereocenters. The molecule has 0 saturated carbocycles. The minimum absolute atomic E-state index is 0.0297. The lowest BCUT2D eigenvalue weighted by Gasteiger charge is -2.18. The van der Waals surface area contributed by atoms with E-state index in [9.17, 15) is 13.2 Å². The van der Waals surface area contributed by atoms with Gasteiger partial charge >= 0.3 is 6.03 Å². The summed E-state index contributed by atoms with van der Waals surface area (Å²) >= 11 is 0. The molecule has 146 valence electrons. The zero-order valence-corrected chi connectivity index (χ0v) is 16.1. The van der Waals surface area contributed by atoms with E-state index in [1.165, 1.54) is 0 Å². The summed E-state index contributed by atoms with van der Waals surface area (Å²) in [5, 5.41) is 5.39. The summed E-state index contributed by atoms with van der Waals surface area (Å²) in [4.78, 5) is 12.2. The zero-order valence-electron chi connectivity index (χ0n) is 15.3. The van der Waals surface area contributed by atoms with Gasteiger partial charge < -0.3 is 24.8 Å². The average molecular weight is 386 g/mol. The van der Waals surface area contributed by atoms with E-state index in [1.807, 2.05) is 20.8 Å². The van der Waals surface area contributed by atoms with E-state index in [2.05, 4.69) is 10.6 Å². The normalized spacial score (nSPS) is 18.2. The Bertz CT molecular complexity index is 708. The Morgan fingerprint density at radius 1 is 1.08 bits per heavy atom. The van der Waals surface area contributed by atoms with E-state index in [0.717, 1.165) is 0 Å². The molecule has 0 radical (unpaired) electrons. The minimum atomic E-state index is -3.05. The van der Waals surface area contributed by atoms with Crippen LogP contribution in [0.2, 0.25) is 0 Å². The van der Waals surface area contributed by atoms with Gasteiger partial charge in [-0.1, -0.05) is 0 Å². The Hall–Kier alpha value is -2.16. The van der Waals surface area contributed by atoms with Crippen LogP contribution in [0.5, 0.6) is 17.2 Å². The van der Waals surface area contributed by atoms with Crippen molar-refractivity contribution in [1.82, 2.24) is 5.32 Å². The van der Waals surface area contributed by atoms with Crippen LogP contribution in [0.1, 0.15) is 27.2 Å². The third kappa shape index (κ3) is 5.42. The van der Waals surface area contributed by atoms with Gasteiger partial charge in [-0.15, -0.1) is 0 Å². The Kier molecular flexibility index (Phi) is 6.96. The van der Waals surface area contributed by atoms with Gasteiger partial charge in [0.15, 0.2) is 21.3 Å². The lowest BCUT2D eigenvalue weighted by atomic mass is 10.2. The lowest BCUT2D eigenvalue weighted by Crippen LogP contribution is -2.38. The van der Waals surface area contributed by atoms with Gasteiger partial charge in [0.05, 0.1) is 37.0 Å². The molecule has 0 spiro atoms. The molecule has 1 aromatic carbocycles. The first-order valence-electron chi connectivity index (χ1n) is 8.72. The van der Waals surface area contributed by atoms with Crippen molar-refractivity contribution in [2.24, 2.45) is 0 Å². The van der Waals surface area contributed by atoms with Crippen LogP contribution in [0.4, 0.5) is 10.5 Å². The molecule has 0 aromatic heterocycles. The monoisotopic (exact) mass is 386 g/mol. The number of anilines is 1. The van der Waals surface area contributed by atoms with Gasteiger partial charge in [-0.25, -0.2) is 13.2 Å². The first-order chi connectivity index (χ1) is 12.4. The van der Waals surface area contributed by atoms with Crippen molar-refractivity contribution in [3.63, 3.8) is 0 Å². The molecular weight excluding hydrogens is 360 g/mol. The Labute approximate surface area is 154 Å². The molecule has 0 aliphatic carbocycles. The van der Waals surface area contributed by atoms with Gasteiger partial charge in [0.2, 0.25) is 5.75 Å². The topological polar surface area (TPSA) is 103 Å². The summed E-state index contributed by atoms with van der Waals surface area (Å²) in [6.45, 7) is 6.87. The molecule has 1 aromatic rings. The van der Waals surface area contributed by atoms with Crippen molar-refractivity contribution >= 4 is 21.6 Å². The summed E-state index contributed by atoms with van der Waals surface area (Å²) in [6, 6.07) is 2.46. The highest BCUT2D eigenvalue weighted by Gasteiger charge is 2.29. The second-order valence-electron chi connectivity index (χ2n) is 5.80. The van der Waals surface area contributed by atoms with Crippen molar-refractivity contribution < 1.29 is 27.4 Å². The summed E-state index contributed by atoms with van der Waals surface area (Å²) in [5.41, 5.74) is 0.471. The highest BCUT2D eigenvalue weighted by molar-refractivity contribution is 7.91. The van der Waals surface area contributed by atoms with Gasteiger partial charge in [0.25, 0.3) is 0 Å². The van der Waals surface area contributed by atoms with Crippen molar-refractivity contribution in [3.05, 3.63) is 12.1 Å². The smallest absolute Gasteiger partial charge is 0.319 e. The number of urea groups is 1. The predicted molar refractivity (Wildman–Crippen MR) is 99.2 cm³/mol. The van der Waals surface area contributed by atoms with Gasteiger partial charge in [-0.3, -0.25) is 0 Å². The predicted octanol–water partition coefficient (Wildman–Crippen LogP) is 2.19. The molecule has 1 aliphatic rings. The minimum Gasteiger partial charge on any atom is -0.490 e. The molecule has 2 amide bonds. The highest BCUT2D eigenvalue weighted by Crippen LogP contribution is 2.40. The van der Waals surface area contributed by atoms with E-state index in [1.54, 1.807) is 12.1 Å². The van der Waals surface area contributed by atoms with Crippen LogP contribution in [0.3, 0.4) is 0 Å². The maximum atomic E-state index is 12.2. The number of amides is 2. The van der Waals surface area contributed by atoms with Crippen molar-refractivity contribution in [3.8, 4) is 17.2 Å². The van der Waals surface area contributed by atoms with Crippen LogP contribution in [0, 0.1) is 0 Å². The molecule has 1 heterocycles. The molecule has 8 nitrogen and oxygen atoms in total. The van der Waals surface area contributed by atoms with E-state index < -0.39 is 15.9 Å². The summed E-state index contributed by atoms with van der Waals surface area (Å²) < 4.78 is 39.8. The number of hydrogen-bond donors (Lipinski definition) is 2. The van der Waals surface area contributed by atoms with Crippen molar-refractivity contribution in [2.75, 3.05) is 36.6 Å². The summed E-state index contributed by atoms with van der Waals surface area (Å²) in [7, 11) is -3.05. The molecule has 1 saturated heterocycles. The molecule has 1 fully saturated rings. The second-order valence-corrected chi connectivity index (χ2v) is 8.03. The number of benzene rings is 1. The summed E-state index contributed by atoms with van der Waals surface area (Å²) in [5.74, 6) is 1.50. The Morgan fingerprint density at radius 3 is 2.12 bits per heavy atom. The molecule has 2 N–H and O–H groups in total. The molecule has 2 rings (SSSR count). The molecule has 1 unspecified atom stereocenters. The summed E-state index contributed by atoms with van der Waals surface area (Å²) in [6.07, 6.45) is 0.424. The quantitative estimate of drug-likeness (QED) is 0.710. The van der Waals surface area contributed by atoms with E-state index >= 15 is 0 Å². The van der Waals surface area contributed by atoms with Crippen LogP contribution in [0.15, 0.2) is 12.1 Å². The van der Waals surface area contributed by atoms with Crippen LogP contribution >= 0.6 is 0 Å². The third-order valence-electron chi connectivity index (χ3n) is 3.73. The van der Waals surface area contributed by atoms with Gasteiger partial charge in [-0.2, -0.15) is 0 Å². The average Bonchev–Trinajstić information content (AvgIpc) is 2.89. The number of hydrogen-bond acceptors (Lipinski definition) is 6. The van der Waals surface area contributed by atoms with Crippen molar-refractivity contribution in [1.29, 1.82) is 0 Å². The number of rotatable bonds is 8. The number of carbonyl (C=O) groups excluding carboxylic acids is 1. The number of carbonyl (C=O) groups is 1. The second kappa shape index (κ2) is 8.98. The van der Waals surface area contributed by atoms with Crippen LogP contribution < -0.4 is 24.8 Å². The Balaban J connectivity index is 2.15. The number of sulfone groups is 1. The molecule has 26 heavy (non-hydrogen) atoms. The lowest BCUT2D eigenvalue weighted by molar-refractivity contribution is 0.249. The van der Waals surface area contributed by atoms with Gasteiger partial charge in [0, 0.05) is 18.2 Å². The molecule has 1 aliphatic heterocycles. The van der Waals surface area contributed by atoms with Crippen LogP contribution in [0.25, 0.3) is 0 Å². The maximum Gasteiger partial charge on any atom is 0.319 e. The van der Waals surface area contributed by atoms with E-state index in [-0.39, 0.29) is 17.5 Å². The van der Waals surface area contributed by atoms with Crippen LogP contribution in [-0.4, -0.2) is 51.8 Å². The van der Waals surface area contributed by atoms with Gasteiger partial charge in [0.1, 0.15) is 0 Å². The highest BCUT2D eigenvalue weighted by atomic mass is 32.2. The fourth-order valence-corrected chi connectivity index (χ4v) is 4.40. The standard InChI is InChI=1S/C17H26N2O6S/c1-4-23-14-9-13(10-15(24-5-2)16(14)25-6-3)19-17(20)18-12-7-8-26(21,22)11-12/h9-10,12H,4-8,11H2,1-3H3,(H2,18,19,20). The van der Waals surface area contributed by atoms with Crippen molar-refractivity contribution in [2.45, 2.75) is 33.2 Å². The fourth-order valence-electron chi connectivity index (χ4n) is 2.72. The SMILES string of the molecule is CCOc1cc(NC(=O)NC2CCS(=O)(=O)C2)cc(OCC)c1OCC. The molecule has 0 bridgehead atoms. The van der Waals surface area contributed by atoms with Gasteiger partial charge in [-0.05, 0) is 27.2 Å². The number of nitrogens with one attached hydrogen (secondary N) is 2. The first-order valence-corrected chi connectivity index (χ1v) is 10.5. The Morgan fingerprint density at radius 2 is 1.65 bits per heavy atom. The zero-order chi connectivity index (χ0) is 19.2. The fraction of sp³-hybridized carbons (Fsp3) is 0.588. The third-order valence-corrected chi connectivity index (χ3v) is 5.50. The largest absolute Gasteiger partial charge is 0.490 e. The maximum absolute atomic E-state index is 12.2. The van der Waals surface area contributed by atoms with E-state index in [4.69, 9.17) is 14.2 Å². The first kappa shape index (κ1) is 20.2. The number of ether oxygens (including phenoxy) is 3. The van der Waals surface area contributed by atoms with Crippen LogP contribution in [-0.2, 0) is 9.84 Å². The van der Waals surface area contributed by atoms with E-state index in [0.29, 0.717) is 49.2 Å².